The summed E-state index contributed by atoms with van der Waals surface area (Å²) < 4.78 is 0.183. The van der Waals surface area contributed by atoms with Gasteiger partial charge in [0.1, 0.15) is 0 Å². The predicted octanol–water partition coefficient (Wildman–Crippen LogP) is 1.08. The Labute approximate surface area is 61.7 Å². The van der Waals surface area contributed by atoms with Crippen LogP contribution in [0.5, 0.6) is 0 Å². The standard InChI is InChI=1S/C7H6O.Mn/c8-6-7-4-2-1-3-5-7;/h1-5,8H;. The molecule has 0 aliphatic rings. The number of rotatable bonds is 1. The van der Waals surface area contributed by atoms with Gasteiger partial charge in [0.05, 0.1) is 0 Å². The van der Waals surface area contributed by atoms with Crippen LogP contribution >= 0.6 is 0 Å². The summed E-state index contributed by atoms with van der Waals surface area (Å²) in [5, 5.41) is 8.86. The molecule has 47 valence electrons. The second-order valence-corrected chi connectivity index (χ2v) is 2.22. The van der Waals surface area contributed by atoms with Gasteiger partial charge in [0, 0.05) is 0 Å². The van der Waals surface area contributed by atoms with Gasteiger partial charge in [-0.2, -0.15) is 0 Å². The van der Waals surface area contributed by atoms with Crippen molar-refractivity contribution in [3.63, 3.8) is 0 Å². The average molecular weight is 161 g/mol. The molecule has 0 heterocycles. The van der Waals surface area contributed by atoms with Crippen LogP contribution in [0.4, 0.5) is 0 Å². The Bertz CT molecular complexity index is 205. The minimum atomic E-state index is 0.183. The molecule has 0 saturated carbocycles. The summed E-state index contributed by atoms with van der Waals surface area (Å²) in [6, 6.07) is 9.28. The van der Waals surface area contributed by atoms with E-state index in [0.717, 1.165) is 5.56 Å². The minimum absolute atomic E-state index is 0.183. The van der Waals surface area contributed by atoms with Crippen LogP contribution in [0, 0.1) is 0 Å². The third-order valence-corrected chi connectivity index (χ3v) is 1.35. The second kappa shape index (κ2) is 2.92. The van der Waals surface area contributed by atoms with Gasteiger partial charge in [0.15, 0.2) is 0 Å². The topological polar surface area (TPSA) is 20.2 Å². The molecule has 1 aromatic rings. The Morgan fingerprint density at radius 2 is 1.78 bits per heavy atom. The Balaban J connectivity index is 2.98. The molecular weight excluding hydrogens is 155 g/mol. The maximum atomic E-state index is 8.86. The molecule has 0 saturated heterocycles. The number of benzene rings is 1. The third kappa shape index (κ3) is 1.75. The third-order valence-electron chi connectivity index (χ3n) is 1.01. The summed E-state index contributed by atoms with van der Waals surface area (Å²) in [7, 11) is 0. The van der Waals surface area contributed by atoms with E-state index >= 15 is 0 Å². The van der Waals surface area contributed by atoms with E-state index in [4.69, 9.17) is 5.11 Å². The van der Waals surface area contributed by atoms with E-state index in [1.54, 1.807) is 0 Å². The van der Waals surface area contributed by atoms with Crippen LogP contribution in [0.3, 0.4) is 0 Å². The van der Waals surface area contributed by atoms with Crippen molar-refractivity contribution in [1.29, 1.82) is 0 Å². The normalized spacial score (nSPS) is 9.00. The van der Waals surface area contributed by atoms with Crippen molar-refractivity contribution >= 4 is 4.60 Å². The van der Waals surface area contributed by atoms with Crippen LogP contribution < -0.4 is 0 Å². The molecule has 1 rings (SSSR count). The molecule has 0 unspecified atom stereocenters. The molecular formula is C7H6MnO. The molecule has 1 aromatic carbocycles. The molecule has 0 atom stereocenters. The summed E-state index contributed by atoms with van der Waals surface area (Å²) >= 11 is 2.95. The summed E-state index contributed by atoms with van der Waals surface area (Å²) in [5.41, 5.74) is 0.803. The van der Waals surface area contributed by atoms with Gasteiger partial charge in [-0.15, -0.1) is 0 Å². The second-order valence-electron chi connectivity index (χ2n) is 1.66. The van der Waals surface area contributed by atoms with Gasteiger partial charge in [-0.05, 0) is 0 Å². The summed E-state index contributed by atoms with van der Waals surface area (Å²) in [5.74, 6) is 0. The van der Waals surface area contributed by atoms with E-state index in [1.165, 1.54) is 0 Å². The van der Waals surface area contributed by atoms with Gasteiger partial charge < -0.3 is 0 Å². The number of aliphatic hydroxyl groups excluding tert-OH is 1. The molecule has 0 spiro atoms. The molecule has 0 fully saturated rings. The van der Waals surface area contributed by atoms with Crippen molar-refractivity contribution in [3.05, 3.63) is 35.9 Å². The van der Waals surface area contributed by atoms with Crippen LogP contribution in [0.2, 0.25) is 0 Å². The fraction of sp³-hybridized carbons (Fsp3) is 0. The molecule has 0 bridgehead atoms. The van der Waals surface area contributed by atoms with E-state index in [-0.39, 0.29) is 4.60 Å². The monoisotopic (exact) mass is 161 g/mol. The van der Waals surface area contributed by atoms with Gasteiger partial charge in [-0.25, -0.2) is 0 Å². The van der Waals surface area contributed by atoms with E-state index in [9.17, 15) is 0 Å². The van der Waals surface area contributed by atoms with Gasteiger partial charge >= 0.3 is 61.2 Å². The molecule has 0 aliphatic carbocycles. The molecule has 1 N–H and O–H groups in total. The van der Waals surface area contributed by atoms with Crippen molar-refractivity contribution in [3.8, 4) is 0 Å². The molecule has 0 aromatic heterocycles. The van der Waals surface area contributed by atoms with Crippen molar-refractivity contribution in [2.75, 3.05) is 0 Å². The Hall–Kier alpha value is -0.431. The van der Waals surface area contributed by atoms with Crippen LogP contribution in [0.25, 0.3) is 0 Å². The van der Waals surface area contributed by atoms with Crippen LogP contribution in [0.1, 0.15) is 5.56 Å². The quantitative estimate of drug-likeness (QED) is 0.611. The molecule has 2 heteroatoms. The summed E-state index contributed by atoms with van der Waals surface area (Å²) in [6.45, 7) is 0. The van der Waals surface area contributed by atoms with E-state index in [0.29, 0.717) is 0 Å². The van der Waals surface area contributed by atoms with Crippen molar-refractivity contribution in [2.45, 2.75) is 0 Å². The molecule has 0 aliphatic heterocycles. The number of hydrogen-bond acceptors (Lipinski definition) is 1. The van der Waals surface area contributed by atoms with Crippen molar-refractivity contribution in [1.82, 2.24) is 0 Å². The van der Waals surface area contributed by atoms with Gasteiger partial charge in [0.2, 0.25) is 0 Å². The number of aliphatic hydroxyl groups is 1. The predicted molar refractivity (Wildman–Crippen MR) is 32.5 cm³/mol. The Morgan fingerprint density at radius 3 is 2.11 bits per heavy atom. The summed E-state index contributed by atoms with van der Waals surface area (Å²) in [4.78, 5) is 0. The summed E-state index contributed by atoms with van der Waals surface area (Å²) in [6.07, 6.45) is 0. The molecule has 1 nitrogen and oxygen atoms in total. The van der Waals surface area contributed by atoms with Crippen LogP contribution in [-0.2, 0) is 15.6 Å². The van der Waals surface area contributed by atoms with E-state index < -0.39 is 0 Å². The molecule has 9 heavy (non-hydrogen) atoms. The average Bonchev–Trinajstić information content (AvgIpc) is 1.90. The zero-order valence-electron chi connectivity index (χ0n) is 4.71. The first kappa shape index (κ1) is 6.69. The number of hydrogen-bond donors (Lipinski definition) is 1. The van der Waals surface area contributed by atoms with Crippen LogP contribution in [-0.4, -0.2) is 9.71 Å². The first-order valence-electron chi connectivity index (χ1n) is 2.57. The molecule has 0 radical (unpaired) electrons. The zero-order valence-corrected chi connectivity index (χ0v) is 5.89. The maximum absolute atomic E-state index is 8.86. The Kier molecular flexibility index (Phi) is 2.17. The van der Waals surface area contributed by atoms with Crippen LogP contribution in [0.15, 0.2) is 30.3 Å². The van der Waals surface area contributed by atoms with Gasteiger partial charge in [-0.1, -0.05) is 0 Å². The first-order valence-corrected chi connectivity index (χ1v) is 3.16. The van der Waals surface area contributed by atoms with E-state index in [1.807, 2.05) is 30.3 Å². The first-order chi connectivity index (χ1) is 4.30. The van der Waals surface area contributed by atoms with E-state index in [2.05, 4.69) is 15.6 Å². The van der Waals surface area contributed by atoms with Crippen molar-refractivity contribution in [2.24, 2.45) is 0 Å². The SMILES string of the molecule is O[C](=[Mn])c1ccccc1. The molecule has 0 amide bonds. The fourth-order valence-corrected chi connectivity index (χ4v) is 0.772. The van der Waals surface area contributed by atoms with Gasteiger partial charge in [0.25, 0.3) is 0 Å². The zero-order chi connectivity index (χ0) is 6.69. The van der Waals surface area contributed by atoms with Gasteiger partial charge in [-0.3, -0.25) is 0 Å². The fourth-order valence-electron chi connectivity index (χ4n) is 0.576. The Morgan fingerprint density at radius 1 is 1.22 bits per heavy atom. The van der Waals surface area contributed by atoms with Crippen molar-refractivity contribution < 1.29 is 20.7 Å².